The molecule has 0 heterocycles. The van der Waals surface area contributed by atoms with Gasteiger partial charge in [0.1, 0.15) is 0 Å². The summed E-state index contributed by atoms with van der Waals surface area (Å²) in [5.74, 6) is 1.16. The van der Waals surface area contributed by atoms with Crippen molar-refractivity contribution >= 4 is 19.7 Å². The minimum absolute atomic E-state index is 0.0232. The van der Waals surface area contributed by atoms with Gasteiger partial charge in [-0.1, -0.05) is 51.4 Å². The van der Waals surface area contributed by atoms with Gasteiger partial charge in [-0.2, -0.15) is 0 Å². The van der Waals surface area contributed by atoms with Crippen molar-refractivity contribution < 1.29 is 9.59 Å². The molecule has 2 radical (unpaired) electrons. The van der Waals surface area contributed by atoms with Crippen LogP contribution in [0.1, 0.15) is 84.0 Å². The summed E-state index contributed by atoms with van der Waals surface area (Å²) in [6.45, 7) is 1.57. The van der Waals surface area contributed by atoms with Crippen LogP contribution in [0.3, 0.4) is 0 Å². The summed E-state index contributed by atoms with van der Waals surface area (Å²) in [5.41, 5.74) is 0. The van der Waals surface area contributed by atoms with Crippen molar-refractivity contribution in [2.75, 3.05) is 7.05 Å². The molecule has 0 aliphatic heterocycles. The molecule has 0 aromatic heterocycles. The third-order valence-corrected chi connectivity index (χ3v) is 6.25. The molecule has 140 valence electrons. The van der Waals surface area contributed by atoms with Crippen LogP contribution < -0.4 is 10.6 Å². The first kappa shape index (κ1) is 20.3. The Kier molecular flexibility index (Phi) is 7.83. The molecule has 0 bridgehead atoms. The molecule has 3 atom stereocenters. The Morgan fingerprint density at radius 1 is 1.04 bits per heavy atom. The maximum atomic E-state index is 12.5. The molecule has 0 unspecified atom stereocenters. The van der Waals surface area contributed by atoms with Gasteiger partial charge in [-0.15, -0.1) is 0 Å². The predicted molar refractivity (Wildman–Crippen MR) is 103 cm³/mol. The molecule has 0 saturated heterocycles. The normalized spacial score (nSPS) is 27.3. The molecule has 2 aliphatic rings. The first-order valence-electron chi connectivity index (χ1n) is 10.2. The van der Waals surface area contributed by atoms with Gasteiger partial charge >= 0.3 is 0 Å². The highest BCUT2D eigenvalue weighted by molar-refractivity contribution is 6.28. The van der Waals surface area contributed by atoms with Gasteiger partial charge in [-0.05, 0) is 37.5 Å². The van der Waals surface area contributed by atoms with Crippen LogP contribution in [0.2, 0.25) is 5.31 Å². The Balaban J connectivity index is 1.93. The van der Waals surface area contributed by atoms with Crippen LogP contribution >= 0.6 is 0 Å². The standard InChI is InChI=1S/C20H35BN2O2/c1-15(24)23-18-10-6-9-17(13-18)14-20(21,19(25)22-2)12-11-16-7-4-3-5-8-16/h16-18H,3-14H2,1-2H3,(H,22,25)(H,23,24)/t17-,18+,20+/m0/s1. The Bertz CT molecular complexity index is 451. The Morgan fingerprint density at radius 2 is 1.72 bits per heavy atom. The number of carbonyl (C=O) groups excluding carboxylic acids is 2. The third kappa shape index (κ3) is 6.34. The molecule has 2 aliphatic carbocycles. The number of nitrogens with one attached hydrogen (secondary N) is 2. The minimum Gasteiger partial charge on any atom is -0.359 e. The van der Waals surface area contributed by atoms with E-state index in [4.69, 9.17) is 7.85 Å². The SMILES string of the molecule is [B][C@](CCC1CCCCC1)(C[C@H]1CCC[C@@H](NC(C)=O)C1)C(=O)NC. The zero-order chi connectivity index (χ0) is 18.3. The van der Waals surface area contributed by atoms with Crippen LogP contribution in [-0.2, 0) is 9.59 Å². The summed E-state index contributed by atoms with van der Waals surface area (Å²) in [7, 11) is 8.33. The first-order valence-corrected chi connectivity index (χ1v) is 10.2. The molecule has 2 amide bonds. The molecule has 5 heteroatoms. The summed E-state index contributed by atoms with van der Waals surface area (Å²) >= 11 is 0. The summed E-state index contributed by atoms with van der Waals surface area (Å²) in [4.78, 5) is 23.9. The van der Waals surface area contributed by atoms with Gasteiger partial charge in [-0.3, -0.25) is 9.59 Å². The molecule has 4 nitrogen and oxygen atoms in total. The maximum Gasteiger partial charge on any atom is 0.217 e. The number of carbonyl (C=O) groups is 2. The van der Waals surface area contributed by atoms with Crippen molar-refractivity contribution in [3.8, 4) is 0 Å². The predicted octanol–water partition coefficient (Wildman–Crippen LogP) is 3.51. The fourth-order valence-corrected chi connectivity index (χ4v) is 4.90. The van der Waals surface area contributed by atoms with Crippen molar-refractivity contribution in [2.45, 2.75) is 95.3 Å². The Hall–Kier alpha value is -0.995. The fourth-order valence-electron chi connectivity index (χ4n) is 4.90. The summed E-state index contributed by atoms with van der Waals surface area (Å²) in [5, 5.41) is 5.07. The summed E-state index contributed by atoms with van der Waals surface area (Å²) in [6.07, 6.45) is 13.3. The van der Waals surface area contributed by atoms with Gasteiger partial charge in [0.25, 0.3) is 0 Å². The molecular weight excluding hydrogens is 311 g/mol. The van der Waals surface area contributed by atoms with E-state index in [-0.39, 0.29) is 17.9 Å². The second-order valence-corrected chi connectivity index (χ2v) is 8.41. The van der Waals surface area contributed by atoms with E-state index in [1.54, 1.807) is 14.0 Å². The van der Waals surface area contributed by atoms with Crippen LogP contribution in [0.15, 0.2) is 0 Å². The number of hydrogen-bond donors (Lipinski definition) is 2. The Labute approximate surface area is 154 Å². The lowest BCUT2D eigenvalue weighted by Gasteiger charge is -2.37. The maximum absolute atomic E-state index is 12.5. The zero-order valence-corrected chi connectivity index (χ0v) is 16.1. The van der Waals surface area contributed by atoms with Crippen LogP contribution in [0.5, 0.6) is 0 Å². The van der Waals surface area contributed by atoms with Crippen molar-refractivity contribution in [1.82, 2.24) is 10.6 Å². The number of rotatable bonds is 7. The minimum atomic E-state index is -0.769. The molecule has 2 rings (SSSR count). The van der Waals surface area contributed by atoms with Gasteiger partial charge in [0.2, 0.25) is 11.8 Å². The summed E-state index contributed by atoms with van der Waals surface area (Å²) in [6, 6.07) is 0.239. The lowest BCUT2D eigenvalue weighted by Crippen LogP contribution is -2.40. The Morgan fingerprint density at radius 3 is 2.36 bits per heavy atom. The van der Waals surface area contributed by atoms with Gasteiger partial charge in [-0.25, -0.2) is 0 Å². The largest absolute Gasteiger partial charge is 0.359 e. The zero-order valence-electron chi connectivity index (χ0n) is 16.1. The van der Waals surface area contributed by atoms with E-state index in [0.29, 0.717) is 5.92 Å². The fraction of sp³-hybridized carbons (Fsp3) is 0.900. The molecule has 25 heavy (non-hydrogen) atoms. The van der Waals surface area contributed by atoms with E-state index in [0.717, 1.165) is 50.9 Å². The molecular formula is C20H35BN2O2. The third-order valence-electron chi connectivity index (χ3n) is 6.25. The smallest absolute Gasteiger partial charge is 0.217 e. The highest BCUT2D eigenvalue weighted by Crippen LogP contribution is 2.43. The molecule has 2 saturated carbocycles. The first-order chi connectivity index (χ1) is 11.9. The second-order valence-electron chi connectivity index (χ2n) is 8.41. The van der Waals surface area contributed by atoms with Crippen molar-refractivity contribution in [3.05, 3.63) is 0 Å². The monoisotopic (exact) mass is 346 g/mol. The van der Waals surface area contributed by atoms with E-state index in [1.807, 2.05) is 0 Å². The second kappa shape index (κ2) is 9.63. The van der Waals surface area contributed by atoms with E-state index >= 15 is 0 Å². The number of hydrogen-bond acceptors (Lipinski definition) is 2. The van der Waals surface area contributed by atoms with Gasteiger partial charge in [0.05, 0.1) is 7.85 Å². The van der Waals surface area contributed by atoms with Gasteiger partial charge < -0.3 is 10.6 Å². The lowest BCUT2D eigenvalue weighted by atomic mass is 9.58. The van der Waals surface area contributed by atoms with Crippen LogP contribution in [0.25, 0.3) is 0 Å². The van der Waals surface area contributed by atoms with Crippen LogP contribution in [0.4, 0.5) is 0 Å². The lowest BCUT2D eigenvalue weighted by molar-refractivity contribution is -0.125. The quantitative estimate of drug-likeness (QED) is 0.693. The van der Waals surface area contributed by atoms with E-state index in [2.05, 4.69) is 10.6 Å². The van der Waals surface area contributed by atoms with Crippen LogP contribution in [0, 0.1) is 11.8 Å². The molecule has 0 aromatic rings. The van der Waals surface area contributed by atoms with E-state index in [1.165, 1.54) is 32.1 Å². The van der Waals surface area contributed by atoms with Gasteiger partial charge in [0, 0.05) is 25.3 Å². The van der Waals surface area contributed by atoms with E-state index < -0.39 is 5.31 Å². The average Bonchev–Trinajstić information content (AvgIpc) is 2.60. The topological polar surface area (TPSA) is 58.2 Å². The molecule has 2 fully saturated rings. The molecule has 2 N–H and O–H groups in total. The molecule has 0 aromatic carbocycles. The van der Waals surface area contributed by atoms with Crippen molar-refractivity contribution in [3.63, 3.8) is 0 Å². The van der Waals surface area contributed by atoms with Crippen molar-refractivity contribution in [2.24, 2.45) is 11.8 Å². The highest BCUT2D eigenvalue weighted by Gasteiger charge is 2.36. The van der Waals surface area contributed by atoms with Crippen molar-refractivity contribution in [1.29, 1.82) is 0 Å². The van der Waals surface area contributed by atoms with Gasteiger partial charge in [0.15, 0.2) is 0 Å². The highest BCUT2D eigenvalue weighted by atomic mass is 16.2. The van der Waals surface area contributed by atoms with Crippen LogP contribution in [-0.4, -0.2) is 32.8 Å². The van der Waals surface area contributed by atoms with E-state index in [9.17, 15) is 9.59 Å². The average molecular weight is 346 g/mol. The summed E-state index contributed by atoms with van der Waals surface area (Å²) < 4.78 is 0. The molecule has 0 spiro atoms. The number of amides is 2.